The van der Waals surface area contributed by atoms with E-state index in [1.165, 1.54) is 0 Å². The zero-order chi connectivity index (χ0) is 18.8. The Hall–Kier alpha value is -3.01. The summed E-state index contributed by atoms with van der Waals surface area (Å²) in [6, 6.07) is 15.7. The molecule has 3 aromatic rings. The zero-order valence-corrected chi connectivity index (χ0v) is 15.9. The van der Waals surface area contributed by atoms with Crippen LogP contribution in [0, 0.1) is 27.7 Å². The molecule has 26 heavy (non-hydrogen) atoms. The Balaban J connectivity index is 1.94. The van der Waals surface area contributed by atoms with Crippen molar-refractivity contribution in [3.05, 3.63) is 76.6 Å². The molecule has 134 valence electrons. The van der Waals surface area contributed by atoms with Crippen LogP contribution >= 0.6 is 0 Å². The molecule has 2 aromatic carbocycles. The number of rotatable bonds is 4. The SMILES string of the molecule is COc1ccc(-n2c(C)cc(C(=O)Nc3cccc(C)c3C)c2C)cc1. The summed E-state index contributed by atoms with van der Waals surface area (Å²) in [6.07, 6.45) is 0. The summed E-state index contributed by atoms with van der Waals surface area (Å²) in [5, 5.41) is 3.05. The maximum absolute atomic E-state index is 12.9. The van der Waals surface area contributed by atoms with Crippen LogP contribution in [0.2, 0.25) is 0 Å². The third-order valence-electron chi connectivity index (χ3n) is 4.86. The number of aromatic nitrogens is 1. The van der Waals surface area contributed by atoms with Gasteiger partial charge in [-0.25, -0.2) is 0 Å². The van der Waals surface area contributed by atoms with Crippen molar-refractivity contribution >= 4 is 11.6 Å². The van der Waals surface area contributed by atoms with Gasteiger partial charge in [0.1, 0.15) is 5.75 Å². The van der Waals surface area contributed by atoms with E-state index in [2.05, 4.69) is 9.88 Å². The summed E-state index contributed by atoms with van der Waals surface area (Å²) in [6.45, 7) is 8.04. The molecule has 3 rings (SSSR count). The molecule has 0 spiro atoms. The Kier molecular flexibility index (Phi) is 4.85. The molecule has 0 fully saturated rings. The van der Waals surface area contributed by atoms with Gasteiger partial charge < -0.3 is 14.6 Å². The molecular weight excluding hydrogens is 324 g/mol. The quantitative estimate of drug-likeness (QED) is 0.723. The number of hydrogen-bond donors (Lipinski definition) is 1. The van der Waals surface area contributed by atoms with Crippen molar-refractivity contribution < 1.29 is 9.53 Å². The Labute approximate surface area is 154 Å². The van der Waals surface area contributed by atoms with Crippen LogP contribution in [-0.4, -0.2) is 17.6 Å². The van der Waals surface area contributed by atoms with E-state index in [1.54, 1.807) is 7.11 Å². The average Bonchev–Trinajstić information content (AvgIpc) is 2.93. The molecule has 1 N–H and O–H groups in total. The standard InChI is InChI=1S/C22H24N2O2/c1-14-7-6-8-21(16(14)3)23-22(25)20-13-15(2)24(17(20)4)18-9-11-19(26-5)12-10-18/h6-13H,1-5H3,(H,23,25). The summed E-state index contributed by atoms with van der Waals surface area (Å²) in [4.78, 5) is 12.9. The number of aryl methyl sites for hydroxylation is 2. The summed E-state index contributed by atoms with van der Waals surface area (Å²) in [5.74, 6) is 0.718. The molecule has 0 bridgehead atoms. The first-order chi connectivity index (χ1) is 12.4. The lowest BCUT2D eigenvalue weighted by molar-refractivity contribution is 0.102. The second kappa shape index (κ2) is 7.08. The number of hydrogen-bond acceptors (Lipinski definition) is 2. The first-order valence-corrected chi connectivity index (χ1v) is 8.63. The minimum Gasteiger partial charge on any atom is -0.497 e. The normalized spacial score (nSPS) is 10.7. The molecule has 0 radical (unpaired) electrons. The monoisotopic (exact) mass is 348 g/mol. The van der Waals surface area contributed by atoms with Gasteiger partial charge in [-0.05, 0) is 75.2 Å². The number of carbonyl (C=O) groups excluding carboxylic acids is 1. The fourth-order valence-electron chi connectivity index (χ4n) is 3.20. The van der Waals surface area contributed by atoms with E-state index in [0.717, 1.165) is 39.6 Å². The fourth-order valence-corrected chi connectivity index (χ4v) is 3.20. The van der Waals surface area contributed by atoms with Gasteiger partial charge in [-0.15, -0.1) is 0 Å². The van der Waals surface area contributed by atoms with Crippen LogP contribution in [0.25, 0.3) is 5.69 Å². The van der Waals surface area contributed by atoms with Gasteiger partial charge in [0.2, 0.25) is 0 Å². The average molecular weight is 348 g/mol. The van der Waals surface area contributed by atoms with Crippen molar-refractivity contribution in [2.75, 3.05) is 12.4 Å². The lowest BCUT2D eigenvalue weighted by Gasteiger charge is -2.12. The molecule has 0 atom stereocenters. The van der Waals surface area contributed by atoms with E-state index >= 15 is 0 Å². The van der Waals surface area contributed by atoms with E-state index in [1.807, 2.05) is 76.2 Å². The smallest absolute Gasteiger partial charge is 0.257 e. The minimum atomic E-state index is -0.0911. The van der Waals surface area contributed by atoms with Crippen LogP contribution < -0.4 is 10.1 Å². The van der Waals surface area contributed by atoms with Gasteiger partial charge in [0.25, 0.3) is 5.91 Å². The Morgan fingerprint density at radius 2 is 1.69 bits per heavy atom. The van der Waals surface area contributed by atoms with Gasteiger partial charge in [-0.2, -0.15) is 0 Å². The summed E-state index contributed by atoms with van der Waals surface area (Å²) in [5.41, 5.74) is 6.71. The lowest BCUT2D eigenvalue weighted by atomic mass is 10.1. The number of methoxy groups -OCH3 is 1. The second-order valence-corrected chi connectivity index (χ2v) is 6.52. The van der Waals surface area contributed by atoms with Gasteiger partial charge in [-0.1, -0.05) is 12.1 Å². The third-order valence-corrected chi connectivity index (χ3v) is 4.86. The highest BCUT2D eigenvalue weighted by Crippen LogP contribution is 2.24. The number of nitrogens with zero attached hydrogens (tertiary/aromatic N) is 1. The van der Waals surface area contributed by atoms with Crippen LogP contribution in [0.4, 0.5) is 5.69 Å². The summed E-state index contributed by atoms with van der Waals surface area (Å²) < 4.78 is 7.30. The van der Waals surface area contributed by atoms with Crippen LogP contribution in [0.3, 0.4) is 0 Å². The topological polar surface area (TPSA) is 43.3 Å². The maximum atomic E-state index is 12.9. The Morgan fingerprint density at radius 3 is 2.35 bits per heavy atom. The molecule has 0 saturated heterocycles. The van der Waals surface area contributed by atoms with E-state index < -0.39 is 0 Å². The van der Waals surface area contributed by atoms with Gasteiger partial charge in [-0.3, -0.25) is 4.79 Å². The van der Waals surface area contributed by atoms with Crippen molar-refractivity contribution in [1.29, 1.82) is 0 Å². The van der Waals surface area contributed by atoms with Gasteiger partial charge >= 0.3 is 0 Å². The highest BCUT2D eigenvalue weighted by Gasteiger charge is 2.17. The second-order valence-electron chi connectivity index (χ2n) is 6.52. The Morgan fingerprint density at radius 1 is 1.00 bits per heavy atom. The summed E-state index contributed by atoms with van der Waals surface area (Å²) >= 11 is 0. The fraction of sp³-hybridized carbons (Fsp3) is 0.227. The predicted molar refractivity (Wildman–Crippen MR) is 106 cm³/mol. The van der Waals surface area contributed by atoms with Gasteiger partial charge in [0, 0.05) is 22.8 Å². The molecule has 4 nitrogen and oxygen atoms in total. The van der Waals surface area contributed by atoms with Crippen molar-refractivity contribution in [1.82, 2.24) is 4.57 Å². The molecule has 0 unspecified atom stereocenters. The molecule has 0 aliphatic carbocycles. The predicted octanol–water partition coefficient (Wildman–Crippen LogP) is 4.97. The van der Waals surface area contributed by atoms with E-state index in [-0.39, 0.29) is 5.91 Å². The summed E-state index contributed by atoms with van der Waals surface area (Å²) in [7, 11) is 1.65. The molecule has 0 aliphatic heterocycles. The van der Waals surface area contributed by atoms with Crippen LogP contribution in [-0.2, 0) is 0 Å². The highest BCUT2D eigenvalue weighted by atomic mass is 16.5. The number of anilines is 1. The zero-order valence-electron chi connectivity index (χ0n) is 15.9. The van der Waals surface area contributed by atoms with E-state index in [9.17, 15) is 4.79 Å². The molecule has 4 heteroatoms. The van der Waals surface area contributed by atoms with Crippen molar-refractivity contribution in [3.63, 3.8) is 0 Å². The van der Waals surface area contributed by atoms with Crippen molar-refractivity contribution in [3.8, 4) is 11.4 Å². The maximum Gasteiger partial charge on any atom is 0.257 e. The van der Waals surface area contributed by atoms with Crippen molar-refractivity contribution in [2.24, 2.45) is 0 Å². The first kappa shape index (κ1) is 17.8. The number of benzene rings is 2. The van der Waals surface area contributed by atoms with Crippen LogP contribution in [0.5, 0.6) is 5.75 Å². The molecule has 0 aliphatic rings. The Bertz CT molecular complexity index is 953. The van der Waals surface area contributed by atoms with E-state index in [4.69, 9.17) is 4.74 Å². The molecule has 1 heterocycles. The number of ether oxygens (including phenoxy) is 1. The molecule has 0 saturated carbocycles. The number of nitrogens with one attached hydrogen (secondary N) is 1. The van der Waals surface area contributed by atoms with Crippen LogP contribution in [0.1, 0.15) is 32.9 Å². The first-order valence-electron chi connectivity index (χ1n) is 8.63. The molecule has 1 aromatic heterocycles. The number of amides is 1. The minimum absolute atomic E-state index is 0.0911. The van der Waals surface area contributed by atoms with Gasteiger partial charge in [0.05, 0.1) is 12.7 Å². The lowest BCUT2D eigenvalue weighted by Crippen LogP contribution is -2.14. The number of carbonyl (C=O) groups is 1. The molecular formula is C22H24N2O2. The van der Waals surface area contributed by atoms with Gasteiger partial charge in [0.15, 0.2) is 0 Å². The third kappa shape index (κ3) is 3.23. The van der Waals surface area contributed by atoms with Crippen LogP contribution in [0.15, 0.2) is 48.5 Å². The van der Waals surface area contributed by atoms with E-state index in [0.29, 0.717) is 5.56 Å². The highest BCUT2D eigenvalue weighted by molar-refractivity contribution is 6.05. The largest absolute Gasteiger partial charge is 0.497 e. The van der Waals surface area contributed by atoms with Crippen molar-refractivity contribution in [2.45, 2.75) is 27.7 Å². The molecule has 1 amide bonds.